The van der Waals surface area contributed by atoms with E-state index in [1.165, 1.54) is 6.07 Å². The maximum Gasteiger partial charge on any atom is 0.137 e. The third-order valence-corrected chi connectivity index (χ3v) is 3.15. The molecule has 0 radical (unpaired) electrons. The second-order valence-corrected chi connectivity index (χ2v) is 4.99. The zero-order chi connectivity index (χ0) is 13.8. The van der Waals surface area contributed by atoms with Crippen molar-refractivity contribution >= 4 is 11.6 Å². The van der Waals surface area contributed by atoms with Crippen LogP contribution in [0.1, 0.15) is 19.6 Å². The molecule has 102 valence electrons. The summed E-state index contributed by atoms with van der Waals surface area (Å²) in [6.45, 7) is 5.07. The van der Waals surface area contributed by atoms with Gasteiger partial charge >= 0.3 is 0 Å². The average Bonchev–Trinajstić information content (AvgIpc) is 2.77. The van der Waals surface area contributed by atoms with E-state index >= 15 is 0 Å². The van der Waals surface area contributed by atoms with E-state index in [9.17, 15) is 4.39 Å². The third kappa shape index (κ3) is 3.58. The van der Waals surface area contributed by atoms with E-state index in [0.717, 1.165) is 18.7 Å². The molecule has 0 saturated carbocycles. The molecule has 2 nitrogen and oxygen atoms in total. The number of hydrogen-bond donors (Lipinski definition) is 1. The molecule has 1 aromatic heterocycles. The Morgan fingerprint density at radius 2 is 2.11 bits per heavy atom. The first-order valence-corrected chi connectivity index (χ1v) is 6.75. The van der Waals surface area contributed by atoms with Gasteiger partial charge in [0.05, 0.1) is 5.56 Å². The minimum absolute atomic E-state index is 0.332. The topological polar surface area (TPSA) is 25.2 Å². The number of halogens is 2. The second-order valence-electron chi connectivity index (χ2n) is 4.55. The fourth-order valence-electron chi connectivity index (χ4n) is 2.04. The molecule has 1 unspecified atom stereocenters. The number of nitrogens with one attached hydrogen (secondary N) is 1. The van der Waals surface area contributed by atoms with E-state index in [1.807, 2.05) is 6.07 Å². The molecular formula is C15H17ClFNO. The van der Waals surface area contributed by atoms with Crippen molar-refractivity contribution < 1.29 is 8.81 Å². The van der Waals surface area contributed by atoms with Gasteiger partial charge < -0.3 is 9.73 Å². The summed E-state index contributed by atoms with van der Waals surface area (Å²) >= 11 is 5.73. The Kier molecular flexibility index (Phi) is 4.61. The summed E-state index contributed by atoms with van der Waals surface area (Å²) in [4.78, 5) is 0. The Bertz CT molecular complexity index is 553. The highest BCUT2D eigenvalue weighted by Crippen LogP contribution is 2.27. The summed E-state index contributed by atoms with van der Waals surface area (Å²) < 4.78 is 19.5. The lowest BCUT2D eigenvalue weighted by molar-refractivity contribution is 0.468. The minimum atomic E-state index is -0.367. The highest BCUT2D eigenvalue weighted by molar-refractivity contribution is 6.30. The number of likely N-dealkylation sites (N-methyl/N-ethyl adjacent to an activating group) is 1. The van der Waals surface area contributed by atoms with Gasteiger partial charge in [0.25, 0.3) is 0 Å². The molecule has 19 heavy (non-hydrogen) atoms. The van der Waals surface area contributed by atoms with Crippen LogP contribution in [0, 0.1) is 5.82 Å². The van der Waals surface area contributed by atoms with Crippen LogP contribution in [0.3, 0.4) is 0 Å². The SMILES string of the molecule is CCNC(C)Cc1ccc(-c2ccc(Cl)cc2F)o1. The highest BCUT2D eigenvalue weighted by atomic mass is 35.5. The summed E-state index contributed by atoms with van der Waals surface area (Å²) in [7, 11) is 0. The van der Waals surface area contributed by atoms with Crippen molar-refractivity contribution in [2.45, 2.75) is 26.3 Å². The van der Waals surface area contributed by atoms with Crippen LogP contribution in [0.2, 0.25) is 5.02 Å². The first-order chi connectivity index (χ1) is 9.10. The molecule has 0 saturated heterocycles. The Labute approximate surface area is 117 Å². The number of furan rings is 1. The summed E-state index contributed by atoms with van der Waals surface area (Å²) in [5.74, 6) is 1.01. The normalized spacial score (nSPS) is 12.6. The molecule has 0 aliphatic heterocycles. The Morgan fingerprint density at radius 3 is 2.79 bits per heavy atom. The maximum atomic E-state index is 13.8. The minimum Gasteiger partial charge on any atom is -0.461 e. The lowest BCUT2D eigenvalue weighted by Gasteiger charge is -2.09. The van der Waals surface area contributed by atoms with Crippen molar-refractivity contribution in [2.75, 3.05) is 6.54 Å². The van der Waals surface area contributed by atoms with Gasteiger partial charge in [-0.2, -0.15) is 0 Å². The largest absolute Gasteiger partial charge is 0.461 e. The van der Waals surface area contributed by atoms with Crippen LogP contribution in [0.5, 0.6) is 0 Å². The van der Waals surface area contributed by atoms with E-state index in [0.29, 0.717) is 22.4 Å². The molecule has 0 aliphatic rings. The summed E-state index contributed by atoms with van der Waals surface area (Å²) in [5, 5.41) is 3.69. The van der Waals surface area contributed by atoms with Crippen molar-refractivity contribution in [1.82, 2.24) is 5.32 Å². The van der Waals surface area contributed by atoms with Gasteiger partial charge in [0.1, 0.15) is 17.3 Å². The van der Waals surface area contributed by atoms with Crippen LogP contribution < -0.4 is 5.32 Å². The number of rotatable bonds is 5. The van der Waals surface area contributed by atoms with Crippen LogP contribution >= 0.6 is 11.6 Å². The van der Waals surface area contributed by atoms with Gasteiger partial charge in [-0.25, -0.2) is 4.39 Å². The van der Waals surface area contributed by atoms with Gasteiger partial charge in [0, 0.05) is 17.5 Å². The molecule has 0 fully saturated rings. The fourth-order valence-corrected chi connectivity index (χ4v) is 2.20. The van der Waals surface area contributed by atoms with Crippen molar-refractivity contribution in [3.05, 3.63) is 46.9 Å². The predicted molar refractivity (Wildman–Crippen MR) is 76.0 cm³/mol. The van der Waals surface area contributed by atoms with E-state index < -0.39 is 0 Å². The standard InChI is InChI=1S/C15H17ClFNO/c1-3-18-10(2)8-12-5-7-15(19-12)13-6-4-11(16)9-14(13)17/h4-7,9-10,18H,3,8H2,1-2H3. The summed E-state index contributed by atoms with van der Waals surface area (Å²) in [6.07, 6.45) is 0.781. The fraction of sp³-hybridized carbons (Fsp3) is 0.333. The van der Waals surface area contributed by atoms with E-state index in [4.69, 9.17) is 16.0 Å². The Morgan fingerprint density at radius 1 is 1.32 bits per heavy atom. The van der Waals surface area contributed by atoms with Crippen molar-refractivity contribution in [2.24, 2.45) is 0 Å². The zero-order valence-electron chi connectivity index (χ0n) is 11.0. The number of benzene rings is 1. The molecule has 0 spiro atoms. The first-order valence-electron chi connectivity index (χ1n) is 6.37. The molecule has 1 aromatic carbocycles. The van der Waals surface area contributed by atoms with Gasteiger partial charge in [-0.1, -0.05) is 18.5 Å². The molecule has 0 bridgehead atoms. The van der Waals surface area contributed by atoms with Crippen LogP contribution in [0.4, 0.5) is 4.39 Å². The highest BCUT2D eigenvalue weighted by Gasteiger charge is 2.11. The maximum absolute atomic E-state index is 13.8. The van der Waals surface area contributed by atoms with Crippen LogP contribution in [-0.4, -0.2) is 12.6 Å². The molecule has 2 aromatic rings. The average molecular weight is 282 g/mol. The van der Waals surface area contributed by atoms with Gasteiger partial charge in [0.2, 0.25) is 0 Å². The summed E-state index contributed by atoms with van der Waals surface area (Å²) in [6, 6.07) is 8.59. The third-order valence-electron chi connectivity index (χ3n) is 2.92. The van der Waals surface area contributed by atoms with E-state index in [-0.39, 0.29) is 5.82 Å². The quantitative estimate of drug-likeness (QED) is 0.885. The van der Waals surface area contributed by atoms with Crippen LogP contribution in [-0.2, 0) is 6.42 Å². The van der Waals surface area contributed by atoms with Gasteiger partial charge in [-0.15, -0.1) is 0 Å². The first kappa shape index (κ1) is 14.1. The lowest BCUT2D eigenvalue weighted by Crippen LogP contribution is -2.27. The lowest BCUT2D eigenvalue weighted by atomic mass is 10.1. The second kappa shape index (κ2) is 6.22. The molecule has 0 aliphatic carbocycles. The molecule has 0 amide bonds. The van der Waals surface area contributed by atoms with E-state index in [1.54, 1.807) is 18.2 Å². The molecule has 1 atom stereocenters. The van der Waals surface area contributed by atoms with Gasteiger partial charge in [0.15, 0.2) is 0 Å². The molecule has 1 heterocycles. The molecule has 4 heteroatoms. The zero-order valence-corrected chi connectivity index (χ0v) is 11.8. The van der Waals surface area contributed by atoms with Crippen LogP contribution in [0.25, 0.3) is 11.3 Å². The van der Waals surface area contributed by atoms with E-state index in [2.05, 4.69) is 19.2 Å². The molecular weight excluding hydrogens is 265 g/mol. The molecule has 2 rings (SSSR count). The molecule has 1 N–H and O–H groups in total. The van der Waals surface area contributed by atoms with Gasteiger partial charge in [-0.05, 0) is 43.8 Å². The smallest absolute Gasteiger partial charge is 0.137 e. The predicted octanol–water partition coefficient (Wildman–Crippen LogP) is 4.28. The Hall–Kier alpha value is -1.32. The Balaban J connectivity index is 2.16. The van der Waals surface area contributed by atoms with Crippen molar-refractivity contribution in [3.8, 4) is 11.3 Å². The van der Waals surface area contributed by atoms with Gasteiger partial charge in [-0.3, -0.25) is 0 Å². The summed E-state index contributed by atoms with van der Waals surface area (Å²) in [5.41, 5.74) is 0.437. The van der Waals surface area contributed by atoms with Crippen molar-refractivity contribution in [3.63, 3.8) is 0 Å². The van der Waals surface area contributed by atoms with Crippen molar-refractivity contribution in [1.29, 1.82) is 0 Å². The number of hydrogen-bond acceptors (Lipinski definition) is 2. The van der Waals surface area contributed by atoms with Crippen LogP contribution in [0.15, 0.2) is 34.7 Å². The monoisotopic (exact) mass is 281 g/mol.